The van der Waals surface area contributed by atoms with Gasteiger partial charge in [-0.05, 0) is 17.8 Å². The Morgan fingerprint density at radius 1 is 1.75 bits per heavy atom. The number of allylic oxidation sites excluding steroid dienone is 2. The monoisotopic (exact) mass is 113 g/mol. The normalized spacial score (nSPS) is 17.4. The van der Waals surface area contributed by atoms with Gasteiger partial charge in [-0.1, -0.05) is 6.08 Å². The van der Waals surface area contributed by atoms with Crippen LogP contribution >= 0.6 is 0 Å². The van der Waals surface area contributed by atoms with Gasteiger partial charge in [-0.3, -0.25) is 0 Å². The van der Waals surface area contributed by atoms with Crippen LogP contribution in [0.15, 0.2) is 23.9 Å². The van der Waals surface area contributed by atoms with Crippen molar-refractivity contribution in [3.63, 3.8) is 0 Å². The lowest BCUT2D eigenvalue weighted by Gasteiger charge is -2.02. The Labute approximate surface area is 47.9 Å². The van der Waals surface area contributed by atoms with Gasteiger partial charge in [-0.2, -0.15) is 0 Å². The fourth-order valence-corrected chi connectivity index (χ4v) is 0.591. The van der Waals surface area contributed by atoms with Gasteiger partial charge in [0.05, 0.1) is 0 Å². The SMILES string of the molecule is FCC1=CCNC=C1. The molecule has 0 bridgehead atoms. The molecule has 1 N–H and O–H groups in total. The molecule has 0 spiro atoms. The molecular weight excluding hydrogens is 105 g/mol. The second-order valence-electron chi connectivity index (χ2n) is 1.65. The van der Waals surface area contributed by atoms with Crippen LogP contribution in [0.2, 0.25) is 0 Å². The Hall–Kier alpha value is -0.790. The maximum Gasteiger partial charge on any atom is 0.114 e. The van der Waals surface area contributed by atoms with Crippen molar-refractivity contribution in [2.45, 2.75) is 0 Å². The van der Waals surface area contributed by atoms with Crippen molar-refractivity contribution in [3.05, 3.63) is 23.9 Å². The van der Waals surface area contributed by atoms with E-state index >= 15 is 0 Å². The molecule has 0 fully saturated rings. The van der Waals surface area contributed by atoms with Crippen molar-refractivity contribution in [2.75, 3.05) is 13.2 Å². The van der Waals surface area contributed by atoms with Gasteiger partial charge >= 0.3 is 0 Å². The fourth-order valence-electron chi connectivity index (χ4n) is 0.591. The highest BCUT2D eigenvalue weighted by molar-refractivity contribution is 5.22. The Balaban J connectivity index is 2.51. The van der Waals surface area contributed by atoms with Gasteiger partial charge in [0, 0.05) is 6.54 Å². The minimum Gasteiger partial charge on any atom is -0.387 e. The second-order valence-corrected chi connectivity index (χ2v) is 1.65. The molecule has 0 unspecified atom stereocenters. The fraction of sp³-hybridized carbons (Fsp3) is 0.333. The first-order valence-electron chi connectivity index (χ1n) is 2.58. The highest BCUT2D eigenvalue weighted by Crippen LogP contribution is 1.98. The lowest BCUT2D eigenvalue weighted by atomic mass is 10.2. The third-order valence-corrected chi connectivity index (χ3v) is 1.05. The third kappa shape index (κ3) is 1.09. The molecule has 1 rings (SSSR count). The smallest absolute Gasteiger partial charge is 0.114 e. The molecule has 1 heterocycles. The van der Waals surface area contributed by atoms with E-state index in [-0.39, 0.29) is 6.67 Å². The molecule has 0 saturated carbocycles. The van der Waals surface area contributed by atoms with Gasteiger partial charge in [-0.15, -0.1) is 0 Å². The first-order chi connectivity index (χ1) is 3.93. The summed E-state index contributed by atoms with van der Waals surface area (Å²) >= 11 is 0. The van der Waals surface area contributed by atoms with Crippen LogP contribution in [0.25, 0.3) is 0 Å². The quantitative estimate of drug-likeness (QED) is 0.535. The molecule has 0 aromatic carbocycles. The molecule has 0 aromatic heterocycles. The number of hydrogen-bond acceptors (Lipinski definition) is 1. The van der Waals surface area contributed by atoms with Crippen LogP contribution in [0.3, 0.4) is 0 Å². The lowest BCUT2D eigenvalue weighted by molar-refractivity contribution is 0.547. The first-order valence-corrected chi connectivity index (χ1v) is 2.58. The summed E-state index contributed by atoms with van der Waals surface area (Å²) in [6, 6.07) is 0. The predicted molar refractivity (Wildman–Crippen MR) is 31.2 cm³/mol. The molecule has 0 atom stereocenters. The molecule has 1 aliphatic rings. The Morgan fingerprint density at radius 3 is 3.00 bits per heavy atom. The number of halogens is 1. The number of hydrogen-bond donors (Lipinski definition) is 1. The summed E-state index contributed by atoms with van der Waals surface area (Å²) in [6.45, 7) is 0.411. The molecule has 8 heavy (non-hydrogen) atoms. The number of rotatable bonds is 1. The van der Waals surface area contributed by atoms with Crippen molar-refractivity contribution < 1.29 is 4.39 Å². The number of nitrogens with one attached hydrogen (secondary N) is 1. The zero-order valence-electron chi connectivity index (χ0n) is 4.52. The summed E-state index contributed by atoms with van der Waals surface area (Å²) < 4.78 is 11.7. The van der Waals surface area contributed by atoms with Crippen molar-refractivity contribution in [1.29, 1.82) is 0 Å². The van der Waals surface area contributed by atoms with Crippen LogP contribution in [0.5, 0.6) is 0 Å². The molecule has 2 heteroatoms. The predicted octanol–water partition coefficient (Wildman–Crippen LogP) is 0.999. The minimum atomic E-state index is -0.349. The maximum atomic E-state index is 11.7. The Bertz CT molecular complexity index is 126. The van der Waals surface area contributed by atoms with Crippen molar-refractivity contribution in [2.24, 2.45) is 0 Å². The third-order valence-electron chi connectivity index (χ3n) is 1.05. The van der Waals surface area contributed by atoms with Gasteiger partial charge < -0.3 is 5.32 Å². The van der Waals surface area contributed by atoms with E-state index in [1.165, 1.54) is 0 Å². The lowest BCUT2D eigenvalue weighted by Crippen LogP contribution is -2.08. The van der Waals surface area contributed by atoms with E-state index in [4.69, 9.17) is 0 Å². The summed E-state index contributed by atoms with van der Waals surface area (Å²) in [5, 5.41) is 2.93. The van der Waals surface area contributed by atoms with Gasteiger partial charge in [0.15, 0.2) is 0 Å². The Morgan fingerprint density at radius 2 is 2.62 bits per heavy atom. The zero-order valence-corrected chi connectivity index (χ0v) is 4.52. The number of dihydropyridines is 1. The van der Waals surface area contributed by atoms with E-state index in [0.717, 1.165) is 12.1 Å². The van der Waals surface area contributed by atoms with E-state index in [1.807, 2.05) is 6.08 Å². The van der Waals surface area contributed by atoms with Gasteiger partial charge in [-0.25, -0.2) is 4.39 Å². The Kier molecular flexibility index (Phi) is 1.67. The van der Waals surface area contributed by atoms with Crippen molar-refractivity contribution >= 4 is 0 Å². The molecule has 0 saturated heterocycles. The van der Waals surface area contributed by atoms with Crippen LogP contribution in [-0.2, 0) is 0 Å². The van der Waals surface area contributed by atoms with E-state index < -0.39 is 0 Å². The second kappa shape index (κ2) is 2.50. The molecule has 1 nitrogen and oxygen atoms in total. The largest absolute Gasteiger partial charge is 0.387 e. The average molecular weight is 113 g/mol. The first kappa shape index (κ1) is 5.35. The van der Waals surface area contributed by atoms with E-state index in [1.54, 1.807) is 12.3 Å². The molecule has 1 aliphatic heterocycles. The van der Waals surface area contributed by atoms with Gasteiger partial charge in [0.2, 0.25) is 0 Å². The van der Waals surface area contributed by atoms with Crippen LogP contribution in [-0.4, -0.2) is 13.2 Å². The van der Waals surface area contributed by atoms with E-state index in [9.17, 15) is 4.39 Å². The van der Waals surface area contributed by atoms with Crippen LogP contribution in [0.1, 0.15) is 0 Å². The van der Waals surface area contributed by atoms with Crippen LogP contribution in [0, 0.1) is 0 Å². The summed E-state index contributed by atoms with van der Waals surface area (Å²) in [7, 11) is 0. The zero-order chi connectivity index (χ0) is 5.82. The van der Waals surface area contributed by atoms with Crippen LogP contribution in [0.4, 0.5) is 4.39 Å². The van der Waals surface area contributed by atoms with Crippen molar-refractivity contribution in [3.8, 4) is 0 Å². The van der Waals surface area contributed by atoms with E-state index in [2.05, 4.69) is 5.32 Å². The van der Waals surface area contributed by atoms with Crippen molar-refractivity contribution in [1.82, 2.24) is 5.32 Å². The maximum absolute atomic E-state index is 11.7. The topological polar surface area (TPSA) is 12.0 Å². The van der Waals surface area contributed by atoms with Crippen LogP contribution < -0.4 is 5.32 Å². The van der Waals surface area contributed by atoms with Gasteiger partial charge in [0.1, 0.15) is 6.67 Å². The van der Waals surface area contributed by atoms with E-state index in [0.29, 0.717) is 0 Å². The summed E-state index contributed by atoms with van der Waals surface area (Å²) in [6.07, 6.45) is 5.33. The molecule has 44 valence electrons. The standard InChI is InChI=1S/C6H8FN/c7-5-6-1-3-8-4-2-6/h1-3,8H,4-5H2. The highest BCUT2D eigenvalue weighted by Gasteiger charge is 1.92. The molecule has 0 amide bonds. The van der Waals surface area contributed by atoms with Gasteiger partial charge in [0.25, 0.3) is 0 Å². The summed E-state index contributed by atoms with van der Waals surface area (Å²) in [5.41, 5.74) is 0.767. The average Bonchev–Trinajstić information content (AvgIpc) is 1.90. The molecular formula is C6H8FN. The molecule has 0 aromatic rings. The number of alkyl halides is 1. The molecule has 0 radical (unpaired) electrons. The molecule has 0 aliphatic carbocycles. The highest BCUT2D eigenvalue weighted by atomic mass is 19.1. The minimum absolute atomic E-state index is 0.349. The summed E-state index contributed by atoms with van der Waals surface area (Å²) in [5.74, 6) is 0. The summed E-state index contributed by atoms with van der Waals surface area (Å²) in [4.78, 5) is 0.